The number of aromatic amines is 1. The lowest BCUT2D eigenvalue weighted by atomic mass is 10.1. The quantitative estimate of drug-likeness (QED) is 0.497. The van der Waals surface area contributed by atoms with Crippen LogP contribution < -0.4 is 10.9 Å². The average Bonchev–Trinajstić information content (AvgIpc) is 3.13. The summed E-state index contributed by atoms with van der Waals surface area (Å²) in [4.78, 5) is 46.7. The molecule has 3 rings (SSSR count). The molecular weight excluding hydrogens is 418 g/mol. The second-order valence-electron chi connectivity index (χ2n) is 7.86. The van der Waals surface area contributed by atoms with Gasteiger partial charge in [0.2, 0.25) is 5.91 Å². The van der Waals surface area contributed by atoms with Gasteiger partial charge in [0, 0.05) is 30.9 Å². The zero-order valence-corrected chi connectivity index (χ0v) is 19.4. The molecular formula is C21H31N5O4S. The molecule has 3 heterocycles. The summed E-state index contributed by atoms with van der Waals surface area (Å²) < 4.78 is 6.70. The summed E-state index contributed by atoms with van der Waals surface area (Å²) in [5, 5.41) is 3.59. The molecule has 9 nitrogen and oxygen atoms in total. The topological polar surface area (TPSA) is 109 Å². The fourth-order valence-corrected chi connectivity index (χ4v) is 4.59. The number of ether oxygens (including phenoxy) is 1. The van der Waals surface area contributed by atoms with E-state index in [4.69, 9.17) is 4.74 Å². The summed E-state index contributed by atoms with van der Waals surface area (Å²) in [6.45, 7) is 9.16. The number of aromatic nitrogens is 3. The maximum atomic E-state index is 13.0. The van der Waals surface area contributed by atoms with E-state index in [0.717, 1.165) is 12.1 Å². The SMILES string of the molecule is CCOC(=O)N1CCC(NC(=O)CSc2nc3cc(C)[nH]c3c(=O)n2C(C)CC)CC1. The normalized spacial score (nSPS) is 15.8. The number of thioether (sulfide) groups is 1. The first kappa shape index (κ1) is 23.2. The Balaban J connectivity index is 1.62. The van der Waals surface area contributed by atoms with Crippen LogP contribution in [0.2, 0.25) is 0 Å². The smallest absolute Gasteiger partial charge is 0.409 e. The Kier molecular flexibility index (Phi) is 7.64. The lowest BCUT2D eigenvalue weighted by Crippen LogP contribution is -2.47. The maximum absolute atomic E-state index is 13.0. The van der Waals surface area contributed by atoms with E-state index >= 15 is 0 Å². The van der Waals surface area contributed by atoms with Crippen LogP contribution in [0.25, 0.3) is 11.0 Å². The number of carbonyl (C=O) groups excluding carboxylic acids is 2. The highest BCUT2D eigenvalue weighted by Crippen LogP contribution is 2.23. The van der Waals surface area contributed by atoms with Crippen molar-refractivity contribution in [3.05, 3.63) is 22.1 Å². The van der Waals surface area contributed by atoms with Crippen LogP contribution >= 0.6 is 11.8 Å². The molecule has 2 amide bonds. The highest BCUT2D eigenvalue weighted by Gasteiger charge is 2.25. The number of hydrogen-bond donors (Lipinski definition) is 2. The van der Waals surface area contributed by atoms with E-state index in [1.165, 1.54) is 11.8 Å². The lowest BCUT2D eigenvalue weighted by molar-refractivity contribution is -0.119. The zero-order chi connectivity index (χ0) is 22.5. The van der Waals surface area contributed by atoms with Crippen LogP contribution in [0.1, 0.15) is 51.8 Å². The zero-order valence-electron chi connectivity index (χ0n) is 18.6. The van der Waals surface area contributed by atoms with Gasteiger partial charge in [-0.2, -0.15) is 0 Å². The van der Waals surface area contributed by atoms with Gasteiger partial charge in [0.15, 0.2) is 5.16 Å². The van der Waals surface area contributed by atoms with Gasteiger partial charge in [0.05, 0.1) is 17.9 Å². The second-order valence-corrected chi connectivity index (χ2v) is 8.80. The van der Waals surface area contributed by atoms with E-state index in [-0.39, 0.29) is 35.4 Å². The van der Waals surface area contributed by atoms with Crippen molar-refractivity contribution in [2.24, 2.45) is 0 Å². The number of hydrogen-bond acceptors (Lipinski definition) is 6. The van der Waals surface area contributed by atoms with Gasteiger partial charge in [-0.25, -0.2) is 9.78 Å². The average molecular weight is 450 g/mol. The molecule has 1 saturated heterocycles. The van der Waals surface area contributed by atoms with Crippen molar-refractivity contribution in [2.75, 3.05) is 25.4 Å². The minimum absolute atomic E-state index is 0.0224. The minimum atomic E-state index is -0.299. The Morgan fingerprint density at radius 2 is 2.06 bits per heavy atom. The lowest BCUT2D eigenvalue weighted by Gasteiger charge is -2.31. The molecule has 0 radical (unpaired) electrons. The van der Waals surface area contributed by atoms with E-state index in [9.17, 15) is 14.4 Å². The van der Waals surface area contributed by atoms with E-state index in [1.54, 1.807) is 16.4 Å². The van der Waals surface area contributed by atoms with Gasteiger partial charge in [-0.05, 0) is 46.1 Å². The predicted octanol–water partition coefficient (Wildman–Crippen LogP) is 2.83. The van der Waals surface area contributed by atoms with Crippen LogP contribution in [0.5, 0.6) is 0 Å². The van der Waals surface area contributed by atoms with E-state index in [2.05, 4.69) is 15.3 Å². The molecule has 2 aromatic heterocycles. The first-order valence-electron chi connectivity index (χ1n) is 10.8. The largest absolute Gasteiger partial charge is 0.450 e. The molecule has 0 aliphatic carbocycles. The number of piperidine rings is 1. The maximum Gasteiger partial charge on any atom is 0.409 e. The Bertz CT molecular complexity index is 994. The molecule has 1 aliphatic heterocycles. The number of nitrogens with zero attached hydrogens (tertiary/aromatic N) is 3. The molecule has 1 atom stereocenters. The molecule has 1 unspecified atom stereocenters. The molecule has 2 aromatic rings. The molecule has 0 spiro atoms. The number of likely N-dealkylation sites (tertiary alicyclic amines) is 1. The van der Waals surface area contributed by atoms with Gasteiger partial charge in [-0.3, -0.25) is 14.2 Å². The monoisotopic (exact) mass is 449 g/mol. The first-order valence-corrected chi connectivity index (χ1v) is 11.8. The van der Waals surface area contributed by atoms with Gasteiger partial charge < -0.3 is 19.9 Å². The van der Waals surface area contributed by atoms with Crippen LogP contribution in [-0.4, -0.2) is 62.9 Å². The van der Waals surface area contributed by atoms with Crippen molar-refractivity contribution in [3.63, 3.8) is 0 Å². The summed E-state index contributed by atoms with van der Waals surface area (Å²) in [6.07, 6.45) is 1.87. The van der Waals surface area contributed by atoms with Gasteiger partial charge >= 0.3 is 6.09 Å². The third-order valence-corrected chi connectivity index (χ3v) is 6.49. The highest BCUT2D eigenvalue weighted by molar-refractivity contribution is 7.99. The van der Waals surface area contributed by atoms with Crippen LogP contribution in [0.4, 0.5) is 4.79 Å². The van der Waals surface area contributed by atoms with E-state index in [0.29, 0.717) is 48.7 Å². The Morgan fingerprint density at radius 1 is 1.35 bits per heavy atom. The standard InChI is InChI=1S/C21H31N5O4S/c1-5-14(4)26-19(28)18-16(11-13(3)22-18)24-20(26)31-12-17(27)23-15-7-9-25(10-8-15)21(29)30-6-2/h11,14-15,22H,5-10,12H2,1-4H3,(H,23,27). The number of rotatable bonds is 7. The van der Waals surface area contributed by atoms with Crippen molar-refractivity contribution in [3.8, 4) is 0 Å². The van der Waals surface area contributed by atoms with Crippen LogP contribution in [-0.2, 0) is 9.53 Å². The molecule has 0 saturated carbocycles. The van der Waals surface area contributed by atoms with Crippen molar-refractivity contribution >= 4 is 34.8 Å². The molecule has 0 aromatic carbocycles. The number of amides is 2. The third-order valence-electron chi connectivity index (χ3n) is 5.54. The number of fused-ring (bicyclic) bond motifs is 1. The molecule has 10 heteroatoms. The molecule has 1 fully saturated rings. The number of nitrogens with one attached hydrogen (secondary N) is 2. The summed E-state index contributed by atoms with van der Waals surface area (Å²) >= 11 is 1.28. The summed E-state index contributed by atoms with van der Waals surface area (Å²) in [5.41, 5.74) is 1.89. The van der Waals surface area contributed by atoms with Crippen molar-refractivity contribution in [1.29, 1.82) is 0 Å². The van der Waals surface area contributed by atoms with Gasteiger partial charge in [0.25, 0.3) is 5.56 Å². The Labute approximate surface area is 185 Å². The fraction of sp³-hybridized carbons (Fsp3) is 0.619. The Hall–Kier alpha value is -2.49. The summed E-state index contributed by atoms with van der Waals surface area (Å²) in [6, 6.07) is 1.85. The first-order chi connectivity index (χ1) is 14.8. The minimum Gasteiger partial charge on any atom is -0.450 e. The highest BCUT2D eigenvalue weighted by atomic mass is 32.2. The van der Waals surface area contributed by atoms with Gasteiger partial charge in [-0.1, -0.05) is 18.7 Å². The molecule has 170 valence electrons. The molecule has 0 bridgehead atoms. The third kappa shape index (κ3) is 5.41. The predicted molar refractivity (Wildman–Crippen MR) is 121 cm³/mol. The number of aryl methyl sites for hydroxylation is 1. The van der Waals surface area contributed by atoms with Gasteiger partial charge in [-0.15, -0.1) is 0 Å². The van der Waals surface area contributed by atoms with Crippen molar-refractivity contribution in [1.82, 2.24) is 24.8 Å². The van der Waals surface area contributed by atoms with Crippen molar-refractivity contribution < 1.29 is 14.3 Å². The summed E-state index contributed by atoms with van der Waals surface area (Å²) in [5.74, 6) is 0.0745. The van der Waals surface area contributed by atoms with E-state index in [1.807, 2.05) is 26.8 Å². The molecule has 1 aliphatic rings. The number of carbonyl (C=O) groups is 2. The Morgan fingerprint density at radius 3 is 2.71 bits per heavy atom. The van der Waals surface area contributed by atoms with Crippen LogP contribution in [0, 0.1) is 6.92 Å². The number of H-pyrrole nitrogens is 1. The van der Waals surface area contributed by atoms with Crippen LogP contribution in [0.15, 0.2) is 16.0 Å². The summed E-state index contributed by atoms with van der Waals surface area (Å²) in [7, 11) is 0. The van der Waals surface area contributed by atoms with E-state index < -0.39 is 0 Å². The fourth-order valence-electron chi connectivity index (χ4n) is 3.68. The van der Waals surface area contributed by atoms with Crippen LogP contribution in [0.3, 0.4) is 0 Å². The van der Waals surface area contributed by atoms with Crippen molar-refractivity contribution in [2.45, 2.75) is 64.2 Å². The molecule has 31 heavy (non-hydrogen) atoms. The van der Waals surface area contributed by atoms with Gasteiger partial charge in [0.1, 0.15) is 5.52 Å². The molecule has 2 N–H and O–H groups in total. The second kappa shape index (κ2) is 10.2.